The van der Waals surface area contributed by atoms with E-state index in [1.165, 1.54) is 6.92 Å². The molecule has 0 aromatic carbocycles. The van der Waals surface area contributed by atoms with Crippen LogP contribution in [0.2, 0.25) is 0 Å². The van der Waals surface area contributed by atoms with E-state index in [1.807, 2.05) is 5.32 Å². The normalized spacial score (nSPS) is 10.5. The average Bonchev–Trinajstić information content (AvgIpc) is 1.53. The average molecular weight is 159 g/mol. The molecule has 0 heterocycles. The van der Waals surface area contributed by atoms with E-state index in [9.17, 15) is 9.59 Å². The van der Waals surface area contributed by atoms with Crippen LogP contribution in [0, 0.1) is 0 Å². The third-order valence-corrected chi connectivity index (χ3v) is 0.677. The molecule has 0 aliphatic carbocycles. The summed E-state index contributed by atoms with van der Waals surface area (Å²) < 4.78 is 4.78. The van der Waals surface area contributed by atoms with Crippen molar-refractivity contribution in [2.24, 2.45) is 0 Å². The topological polar surface area (TPSA) is 55.4 Å². The molecule has 2 amide bonds. The second kappa shape index (κ2) is 3.37. The Morgan fingerprint density at radius 3 is 2.00 bits per heavy atom. The number of carbonyl (C=O) groups is 2. The van der Waals surface area contributed by atoms with Crippen LogP contribution in [0.3, 0.4) is 0 Å². The molecule has 0 spiro atoms. The minimum Gasteiger partial charge on any atom is -0.444 e. The van der Waals surface area contributed by atoms with Crippen LogP contribution >= 0.6 is 0 Å². The Morgan fingerprint density at radius 2 is 1.73 bits per heavy atom. The molecule has 4 heteroatoms. The molecule has 0 atom stereocenters. The van der Waals surface area contributed by atoms with E-state index in [2.05, 4.69) is 0 Å². The fourth-order valence-electron chi connectivity index (χ4n) is 0.447. The van der Waals surface area contributed by atoms with E-state index >= 15 is 0 Å². The summed E-state index contributed by atoms with van der Waals surface area (Å²) in [4.78, 5) is 21.0. The summed E-state index contributed by atoms with van der Waals surface area (Å²) in [5.74, 6) is -0.417. The number of imide groups is 1. The van der Waals surface area contributed by atoms with Crippen LogP contribution in [0.15, 0.2) is 0 Å². The van der Waals surface area contributed by atoms with E-state index in [-0.39, 0.29) is 0 Å². The Morgan fingerprint density at radius 1 is 1.27 bits per heavy atom. The number of nitrogens with one attached hydrogen (secondary N) is 1. The lowest BCUT2D eigenvalue weighted by Gasteiger charge is -2.18. The summed E-state index contributed by atoms with van der Waals surface area (Å²) >= 11 is 0. The van der Waals surface area contributed by atoms with Gasteiger partial charge in [-0.1, -0.05) is 0 Å². The quantitative estimate of drug-likeness (QED) is 0.575. The Bertz CT molecular complexity index is 169. The standard InChI is InChI=1S/C7H13NO3/c1-5(9)8-6(10)11-7(2,3)4/h1-4H3,(H,8,9,10). The first kappa shape index (κ1) is 9.94. The van der Waals surface area contributed by atoms with Crippen molar-refractivity contribution in [1.29, 1.82) is 0 Å². The van der Waals surface area contributed by atoms with Crippen molar-refractivity contribution in [3.8, 4) is 0 Å². The lowest BCUT2D eigenvalue weighted by atomic mass is 10.2. The first-order valence-corrected chi connectivity index (χ1v) is 3.32. The number of amides is 2. The lowest BCUT2D eigenvalue weighted by molar-refractivity contribution is -0.118. The molecule has 0 saturated heterocycles. The van der Waals surface area contributed by atoms with Crippen LogP contribution in [0.5, 0.6) is 0 Å². The summed E-state index contributed by atoms with van der Waals surface area (Å²) in [6.45, 7) is 6.44. The van der Waals surface area contributed by atoms with Gasteiger partial charge in [-0.2, -0.15) is 0 Å². The highest BCUT2D eigenvalue weighted by atomic mass is 16.6. The number of ether oxygens (including phenoxy) is 1. The largest absolute Gasteiger partial charge is 0.444 e. The van der Waals surface area contributed by atoms with Gasteiger partial charge in [-0.3, -0.25) is 10.1 Å². The van der Waals surface area contributed by atoms with Gasteiger partial charge in [-0.25, -0.2) is 4.79 Å². The Balaban J connectivity index is 3.80. The molecule has 0 aromatic rings. The van der Waals surface area contributed by atoms with Gasteiger partial charge < -0.3 is 4.74 Å². The highest BCUT2D eigenvalue weighted by molar-refractivity contribution is 5.90. The minimum atomic E-state index is -0.704. The predicted molar refractivity (Wildman–Crippen MR) is 40.1 cm³/mol. The first-order valence-electron chi connectivity index (χ1n) is 3.32. The van der Waals surface area contributed by atoms with Gasteiger partial charge in [0.2, 0.25) is 5.91 Å². The van der Waals surface area contributed by atoms with Gasteiger partial charge in [0.25, 0.3) is 0 Å². The second-order valence-electron chi connectivity index (χ2n) is 3.18. The summed E-state index contributed by atoms with van der Waals surface area (Å²) in [7, 11) is 0. The molecular weight excluding hydrogens is 146 g/mol. The second-order valence-corrected chi connectivity index (χ2v) is 3.18. The monoisotopic (exact) mass is 159 g/mol. The molecule has 0 bridgehead atoms. The van der Waals surface area contributed by atoms with Crippen molar-refractivity contribution >= 4 is 12.0 Å². The predicted octanol–water partition coefficient (Wildman–Crippen LogP) is 1.06. The molecule has 0 aliphatic rings. The minimum absolute atomic E-state index is 0.417. The third-order valence-electron chi connectivity index (χ3n) is 0.677. The molecule has 0 aromatic heterocycles. The summed E-state index contributed by atoms with van der Waals surface area (Å²) in [5.41, 5.74) is -0.556. The molecule has 0 aliphatic heterocycles. The van der Waals surface area contributed by atoms with Gasteiger partial charge in [-0.15, -0.1) is 0 Å². The van der Waals surface area contributed by atoms with Crippen molar-refractivity contribution in [3.05, 3.63) is 0 Å². The summed E-state index contributed by atoms with van der Waals surface area (Å²) in [6, 6.07) is 0. The van der Waals surface area contributed by atoms with E-state index in [0.29, 0.717) is 0 Å². The van der Waals surface area contributed by atoms with Gasteiger partial charge in [0.15, 0.2) is 0 Å². The van der Waals surface area contributed by atoms with E-state index in [1.54, 1.807) is 20.8 Å². The molecule has 0 unspecified atom stereocenters. The molecule has 1 N–H and O–H groups in total. The van der Waals surface area contributed by atoms with Crippen LogP contribution in [0.4, 0.5) is 4.79 Å². The van der Waals surface area contributed by atoms with Crippen molar-refractivity contribution < 1.29 is 14.3 Å². The maximum absolute atomic E-state index is 10.7. The fraction of sp³-hybridized carbons (Fsp3) is 0.714. The van der Waals surface area contributed by atoms with Crippen LogP contribution in [0.25, 0.3) is 0 Å². The van der Waals surface area contributed by atoms with Crippen molar-refractivity contribution in [1.82, 2.24) is 5.32 Å². The molecule has 11 heavy (non-hydrogen) atoms. The van der Waals surface area contributed by atoms with Crippen LogP contribution in [-0.2, 0) is 9.53 Å². The Hall–Kier alpha value is -1.06. The zero-order chi connectivity index (χ0) is 9.07. The highest BCUT2D eigenvalue weighted by Gasteiger charge is 2.16. The maximum atomic E-state index is 10.7. The maximum Gasteiger partial charge on any atom is 0.414 e. The summed E-state index contributed by atoms with van der Waals surface area (Å²) in [5, 5.41) is 2.00. The van der Waals surface area contributed by atoms with Gasteiger partial charge >= 0.3 is 6.09 Å². The zero-order valence-electron chi connectivity index (χ0n) is 7.22. The molecule has 0 rings (SSSR count). The highest BCUT2D eigenvalue weighted by Crippen LogP contribution is 2.05. The van der Waals surface area contributed by atoms with Gasteiger partial charge in [-0.05, 0) is 20.8 Å². The Labute approximate surface area is 65.9 Å². The molecule has 0 fully saturated rings. The van der Waals surface area contributed by atoms with E-state index in [4.69, 9.17) is 4.74 Å². The van der Waals surface area contributed by atoms with E-state index in [0.717, 1.165) is 0 Å². The molecular formula is C7H13NO3. The van der Waals surface area contributed by atoms with E-state index < -0.39 is 17.6 Å². The number of hydrogen-bond acceptors (Lipinski definition) is 3. The van der Waals surface area contributed by atoms with Crippen molar-refractivity contribution in [2.45, 2.75) is 33.3 Å². The Kier molecular flexibility index (Phi) is 3.04. The fourth-order valence-corrected chi connectivity index (χ4v) is 0.447. The van der Waals surface area contributed by atoms with Gasteiger partial charge in [0.05, 0.1) is 0 Å². The smallest absolute Gasteiger partial charge is 0.414 e. The van der Waals surface area contributed by atoms with Gasteiger partial charge in [0.1, 0.15) is 5.60 Å². The molecule has 0 saturated carbocycles. The SMILES string of the molecule is CC(=O)NC(=O)OC(C)(C)C. The number of carbonyl (C=O) groups excluding carboxylic acids is 2. The molecule has 4 nitrogen and oxygen atoms in total. The van der Waals surface area contributed by atoms with Crippen molar-refractivity contribution in [3.63, 3.8) is 0 Å². The zero-order valence-corrected chi connectivity index (χ0v) is 7.22. The van der Waals surface area contributed by atoms with Crippen LogP contribution < -0.4 is 5.32 Å². The number of alkyl carbamates (subject to hydrolysis) is 1. The van der Waals surface area contributed by atoms with Crippen molar-refractivity contribution in [2.75, 3.05) is 0 Å². The first-order chi connectivity index (χ1) is 4.81. The third kappa shape index (κ3) is 6.83. The number of rotatable bonds is 0. The van der Waals surface area contributed by atoms with Crippen LogP contribution in [-0.4, -0.2) is 17.6 Å². The lowest BCUT2D eigenvalue weighted by Crippen LogP contribution is -2.34. The van der Waals surface area contributed by atoms with Gasteiger partial charge in [0, 0.05) is 6.92 Å². The number of hydrogen-bond donors (Lipinski definition) is 1. The van der Waals surface area contributed by atoms with Crippen LogP contribution in [0.1, 0.15) is 27.7 Å². The molecule has 64 valence electrons. The molecule has 0 radical (unpaired) electrons. The summed E-state index contributed by atoms with van der Waals surface area (Å²) in [6.07, 6.45) is -0.704.